The number of esters is 2. The van der Waals surface area contributed by atoms with Gasteiger partial charge in [-0.05, 0) is 20.8 Å². The molecule has 5 atom stereocenters. The second-order valence-electron chi connectivity index (χ2n) is 7.06. The van der Waals surface area contributed by atoms with Crippen molar-refractivity contribution in [3.63, 3.8) is 0 Å². The first-order valence-corrected chi connectivity index (χ1v) is 9.74. The van der Waals surface area contributed by atoms with E-state index in [4.69, 9.17) is 14.2 Å². The number of hydrogen-bond donors (Lipinski definition) is 0. The molecule has 8 nitrogen and oxygen atoms in total. The molecular weight excluding hydrogens is 378 g/mol. The molecule has 0 aliphatic carbocycles. The zero-order valence-corrected chi connectivity index (χ0v) is 16.7. The lowest BCUT2D eigenvalue weighted by molar-refractivity contribution is -0.159. The van der Waals surface area contributed by atoms with Crippen molar-refractivity contribution < 1.29 is 33.4 Å². The molecule has 8 heteroatoms. The summed E-state index contributed by atoms with van der Waals surface area (Å²) in [7, 11) is 0. The van der Waals surface area contributed by atoms with Crippen molar-refractivity contribution in [2.75, 3.05) is 19.8 Å². The van der Waals surface area contributed by atoms with Gasteiger partial charge >= 0.3 is 11.9 Å². The topological polar surface area (TPSA) is 99.2 Å². The molecule has 0 radical (unpaired) electrons. The molecule has 29 heavy (non-hydrogen) atoms. The molecule has 2 aliphatic rings. The maximum Gasteiger partial charge on any atom is 0.318 e. The summed E-state index contributed by atoms with van der Waals surface area (Å²) in [5, 5.41) is 0. The van der Waals surface area contributed by atoms with Gasteiger partial charge in [-0.2, -0.15) is 0 Å². The van der Waals surface area contributed by atoms with E-state index in [1.165, 1.54) is 11.8 Å². The molecule has 3 rings (SSSR count). The van der Waals surface area contributed by atoms with Crippen LogP contribution in [0.1, 0.15) is 32.6 Å². The van der Waals surface area contributed by atoms with Gasteiger partial charge in [0, 0.05) is 11.5 Å². The molecule has 2 saturated heterocycles. The predicted molar refractivity (Wildman–Crippen MR) is 100 cm³/mol. The Kier molecular flexibility index (Phi) is 6.32. The van der Waals surface area contributed by atoms with Gasteiger partial charge in [-0.1, -0.05) is 30.3 Å². The van der Waals surface area contributed by atoms with Crippen LogP contribution in [0.25, 0.3) is 0 Å². The highest BCUT2D eigenvalue weighted by Crippen LogP contribution is 2.46. The molecular formula is C21H25NO7. The second kappa shape index (κ2) is 8.73. The minimum atomic E-state index is -1.26. The lowest BCUT2D eigenvalue weighted by Gasteiger charge is -2.26. The number of hydrogen-bond acceptors (Lipinski definition) is 7. The summed E-state index contributed by atoms with van der Waals surface area (Å²) in [5.41, 5.74) is 0.752. The minimum Gasteiger partial charge on any atom is -0.465 e. The first kappa shape index (κ1) is 21.0. The zero-order valence-electron chi connectivity index (χ0n) is 16.7. The molecule has 2 heterocycles. The van der Waals surface area contributed by atoms with Crippen LogP contribution in [0.15, 0.2) is 30.3 Å². The van der Waals surface area contributed by atoms with Crippen molar-refractivity contribution >= 4 is 23.6 Å². The van der Waals surface area contributed by atoms with Crippen LogP contribution in [0.4, 0.5) is 0 Å². The Bertz CT molecular complexity index is 793. The first-order valence-electron chi connectivity index (χ1n) is 9.74. The Morgan fingerprint density at radius 1 is 1.14 bits per heavy atom. The smallest absolute Gasteiger partial charge is 0.318 e. The maximum atomic E-state index is 13.3. The van der Waals surface area contributed by atoms with Crippen LogP contribution in [-0.2, 0) is 33.4 Å². The van der Waals surface area contributed by atoms with Crippen LogP contribution in [-0.4, -0.2) is 54.4 Å². The highest BCUT2D eigenvalue weighted by molar-refractivity contribution is 6.05. The minimum absolute atomic E-state index is 0.0861. The first-order chi connectivity index (χ1) is 13.9. The van der Waals surface area contributed by atoms with Crippen LogP contribution < -0.4 is 0 Å². The van der Waals surface area contributed by atoms with E-state index >= 15 is 0 Å². The van der Waals surface area contributed by atoms with Gasteiger partial charge in [-0.15, -0.1) is 0 Å². The van der Waals surface area contributed by atoms with E-state index in [2.05, 4.69) is 0 Å². The number of benzene rings is 1. The molecule has 0 saturated carbocycles. The van der Waals surface area contributed by atoms with Crippen molar-refractivity contribution in [2.45, 2.75) is 33.0 Å². The van der Waals surface area contributed by atoms with Gasteiger partial charge in [0.05, 0.1) is 25.9 Å². The number of ether oxygens (including phenoxy) is 3. The van der Waals surface area contributed by atoms with E-state index < -0.39 is 53.7 Å². The fraction of sp³-hybridized carbons (Fsp3) is 0.524. The maximum absolute atomic E-state index is 13.3. The number of amides is 1. The largest absolute Gasteiger partial charge is 0.465 e. The molecule has 2 fully saturated rings. The number of rotatable bonds is 7. The lowest BCUT2D eigenvalue weighted by Crippen LogP contribution is -2.43. The molecule has 0 spiro atoms. The normalized spacial score (nSPS) is 26.7. The van der Waals surface area contributed by atoms with E-state index in [-0.39, 0.29) is 19.8 Å². The van der Waals surface area contributed by atoms with E-state index in [1.54, 1.807) is 13.8 Å². The van der Waals surface area contributed by atoms with Gasteiger partial charge in [0.1, 0.15) is 17.6 Å². The summed E-state index contributed by atoms with van der Waals surface area (Å²) in [4.78, 5) is 52.4. The van der Waals surface area contributed by atoms with Crippen molar-refractivity contribution in [1.29, 1.82) is 0 Å². The molecule has 3 unspecified atom stereocenters. The van der Waals surface area contributed by atoms with E-state index in [1.807, 2.05) is 30.3 Å². The number of nitrogens with zero attached hydrogens (tertiary/aromatic N) is 1. The number of Topliss-reactive ketones (excluding diaryl/α,β-unsaturated/α-hetero) is 1. The quantitative estimate of drug-likeness (QED) is 0.502. The van der Waals surface area contributed by atoms with Crippen molar-refractivity contribution in [3.8, 4) is 0 Å². The Morgan fingerprint density at radius 3 is 2.38 bits per heavy atom. The average molecular weight is 403 g/mol. The van der Waals surface area contributed by atoms with E-state index in [0.29, 0.717) is 0 Å². The van der Waals surface area contributed by atoms with Crippen LogP contribution in [0.2, 0.25) is 0 Å². The Morgan fingerprint density at radius 2 is 1.79 bits per heavy atom. The zero-order chi connectivity index (χ0) is 21.1. The average Bonchev–Trinajstić information content (AvgIpc) is 3.23. The third kappa shape index (κ3) is 3.76. The highest BCUT2D eigenvalue weighted by atomic mass is 16.5. The molecule has 0 N–H and O–H groups in total. The third-order valence-electron chi connectivity index (χ3n) is 5.37. The van der Waals surface area contributed by atoms with Crippen LogP contribution in [0.5, 0.6) is 0 Å². The lowest BCUT2D eigenvalue weighted by atomic mass is 9.77. The van der Waals surface area contributed by atoms with Gasteiger partial charge in [0.15, 0.2) is 6.23 Å². The third-order valence-corrected chi connectivity index (χ3v) is 5.37. The summed E-state index contributed by atoms with van der Waals surface area (Å²) in [6.45, 7) is 4.81. The fourth-order valence-electron chi connectivity index (χ4n) is 4.25. The molecule has 1 amide bonds. The molecule has 1 aromatic rings. The number of carbonyl (C=O) groups is 4. The molecule has 1 aromatic carbocycles. The molecule has 0 bridgehead atoms. The van der Waals surface area contributed by atoms with Gasteiger partial charge in [-0.25, -0.2) is 0 Å². The molecule has 0 aromatic heterocycles. The van der Waals surface area contributed by atoms with Gasteiger partial charge < -0.3 is 19.1 Å². The van der Waals surface area contributed by atoms with Crippen LogP contribution in [0, 0.1) is 17.8 Å². The standard InChI is InChI=1S/C21H25NO7/c1-4-27-20(25)15(12(3)23)16-14-11-29-19(13-9-7-6-8-10-13)22(14)18(24)17(16)21(26)28-5-2/h6-10,14-17,19H,4-5,11H2,1-3H3/t14-,15?,16?,17?,19-/m1/s1. The van der Waals surface area contributed by atoms with E-state index in [0.717, 1.165) is 5.56 Å². The summed E-state index contributed by atoms with van der Waals surface area (Å²) < 4.78 is 16.0. The Balaban J connectivity index is 2.03. The van der Waals surface area contributed by atoms with Crippen LogP contribution in [0.3, 0.4) is 0 Å². The van der Waals surface area contributed by atoms with Crippen molar-refractivity contribution in [3.05, 3.63) is 35.9 Å². The van der Waals surface area contributed by atoms with Crippen LogP contribution >= 0.6 is 0 Å². The monoisotopic (exact) mass is 403 g/mol. The summed E-state index contributed by atoms with van der Waals surface area (Å²) in [5.74, 6) is -5.85. The van der Waals surface area contributed by atoms with Gasteiger partial charge in [-0.3, -0.25) is 19.2 Å². The number of carbonyl (C=O) groups excluding carboxylic acids is 4. The van der Waals surface area contributed by atoms with Gasteiger partial charge in [0.2, 0.25) is 5.91 Å². The second-order valence-corrected chi connectivity index (χ2v) is 7.06. The Hall–Kier alpha value is -2.74. The summed E-state index contributed by atoms with van der Waals surface area (Å²) >= 11 is 0. The predicted octanol–water partition coefficient (Wildman–Crippen LogP) is 1.49. The fourth-order valence-corrected chi connectivity index (χ4v) is 4.25. The summed E-state index contributed by atoms with van der Waals surface area (Å²) in [6.07, 6.45) is -0.689. The van der Waals surface area contributed by atoms with Gasteiger partial charge in [0.25, 0.3) is 0 Å². The number of ketones is 1. The molecule has 156 valence electrons. The Labute approximate surface area is 169 Å². The summed E-state index contributed by atoms with van der Waals surface area (Å²) in [6, 6.07) is 8.52. The highest BCUT2D eigenvalue weighted by Gasteiger charge is 2.62. The number of fused-ring (bicyclic) bond motifs is 1. The molecule has 2 aliphatic heterocycles. The van der Waals surface area contributed by atoms with E-state index in [9.17, 15) is 19.2 Å². The van der Waals surface area contributed by atoms with Crippen molar-refractivity contribution in [2.24, 2.45) is 17.8 Å². The van der Waals surface area contributed by atoms with Crippen molar-refractivity contribution in [1.82, 2.24) is 4.90 Å². The SMILES string of the molecule is CCOC(=O)C(C(C)=O)C1C(C(=O)OCC)C(=O)N2[C@@H](c3ccccc3)OC[C@H]12.